The zero-order valence-corrected chi connectivity index (χ0v) is 10.6. The number of rotatable bonds is 4. The number of likely N-dealkylation sites (N-methyl/N-ethyl adjacent to an activating group) is 1. The summed E-state index contributed by atoms with van der Waals surface area (Å²) in [5.74, 6) is -0.404. The molecule has 3 N–H and O–H groups in total. The van der Waals surface area contributed by atoms with E-state index in [1.165, 1.54) is 0 Å². The maximum atomic E-state index is 11.8. The van der Waals surface area contributed by atoms with Crippen LogP contribution < -0.4 is 11.1 Å². The Morgan fingerprint density at radius 3 is 2.65 bits per heavy atom. The molecule has 0 aliphatic heterocycles. The normalized spacial score (nSPS) is 24.5. The number of carbonyl (C=O) groups is 2. The molecular formula is C12H21N3O2. The van der Waals surface area contributed by atoms with Gasteiger partial charge in [0, 0.05) is 19.6 Å². The Bertz CT molecular complexity index is 328. The molecule has 0 aromatic carbocycles. The summed E-state index contributed by atoms with van der Waals surface area (Å²) < 4.78 is 0. The van der Waals surface area contributed by atoms with Crippen molar-refractivity contribution in [3.63, 3.8) is 0 Å². The zero-order chi connectivity index (χ0) is 13.0. The third-order valence-electron chi connectivity index (χ3n) is 3.03. The van der Waals surface area contributed by atoms with Crippen LogP contribution in [0.5, 0.6) is 0 Å². The first-order valence-corrected chi connectivity index (χ1v) is 5.95. The third kappa shape index (κ3) is 3.56. The topological polar surface area (TPSA) is 75.4 Å². The highest BCUT2D eigenvalue weighted by molar-refractivity contribution is 5.89. The molecule has 0 spiro atoms. The molecular weight excluding hydrogens is 218 g/mol. The molecule has 0 aromatic rings. The van der Waals surface area contributed by atoms with Gasteiger partial charge in [-0.25, -0.2) is 0 Å². The lowest BCUT2D eigenvalue weighted by Gasteiger charge is -2.21. The number of hydrogen-bond donors (Lipinski definition) is 2. The number of nitrogens with one attached hydrogen (secondary N) is 1. The molecule has 1 aliphatic rings. The number of amides is 2. The van der Waals surface area contributed by atoms with E-state index in [2.05, 4.69) is 5.32 Å². The van der Waals surface area contributed by atoms with E-state index >= 15 is 0 Å². The highest BCUT2D eigenvalue weighted by Crippen LogP contribution is 2.16. The summed E-state index contributed by atoms with van der Waals surface area (Å²) in [6.45, 7) is 4.23. The van der Waals surface area contributed by atoms with Crippen LogP contribution in [0, 0.1) is 5.92 Å². The summed E-state index contributed by atoms with van der Waals surface area (Å²) in [4.78, 5) is 25.2. The molecule has 0 radical (unpaired) electrons. The van der Waals surface area contributed by atoms with Crippen molar-refractivity contribution in [1.29, 1.82) is 0 Å². The number of nitrogens with two attached hydrogens (primary N) is 1. The Balaban J connectivity index is 2.46. The number of carbonyl (C=O) groups excluding carboxylic acids is 2. The molecule has 5 nitrogen and oxygen atoms in total. The van der Waals surface area contributed by atoms with Gasteiger partial charge < -0.3 is 16.0 Å². The van der Waals surface area contributed by atoms with Crippen LogP contribution in [0.3, 0.4) is 0 Å². The fraction of sp³-hybridized carbons (Fsp3) is 0.667. The predicted octanol–water partition coefficient (Wildman–Crippen LogP) is -0.127. The maximum absolute atomic E-state index is 11.8. The first kappa shape index (κ1) is 13.7. The molecule has 0 aromatic heterocycles. The SMILES string of the molecule is CCN(C)C(=O)C(C)NC(=O)C1C=CC(N)C1. The van der Waals surface area contributed by atoms with Crippen LogP contribution >= 0.6 is 0 Å². The average molecular weight is 239 g/mol. The van der Waals surface area contributed by atoms with Gasteiger partial charge in [-0.05, 0) is 20.3 Å². The molecule has 0 heterocycles. The quantitative estimate of drug-likeness (QED) is 0.671. The molecule has 1 aliphatic carbocycles. The molecule has 3 unspecified atom stereocenters. The number of hydrogen-bond acceptors (Lipinski definition) is 3. The Morgan fingerprint density at radius 2 is 2.18 bits per heavy atom. The minimum atomic E-state index is -0.488. The van der Waals surface area contributed by atoms with E-state index < -0.39 is 6.04 Å². The molecule has 0 saturated heterocycles. The Kier molecular flexibility index (Phi) is 4.69. The zero-order valence-electron chi connectivity index (χ0n) is 10.6. The number of nitrogens with zero attached hydrogens (tertiary/aromatic N) is 1. The molecule has 3 atom stereocenters. The summed E-state index contributed by atoms with van der Waals surface area (Å²) in [6.07, 6.45) is 4.26. The summed E-state index contributed by atoms with van der Waals surface area (Å²) in [5.41, 5.74) is 5.68. The Hall–Kier alpha value is -1.36. The van der Waals surface area contributed by atoms with E-state index in [9.17, 15) is 9.59 Å². The Labute approximate surface area is 102 Å². The lowest BCUT2D eigenvalue weighted by molar-refractivity contribution is -0.135. The van der Waals surface area contributed by atoms with Gasteiger partial charge in [-0.1, -0.05) is 12.2 Å². The van der Waals surface area contributed by atoms with E-state index in [1.807, 2.05) is 13.0 Å². The van der Waals surface area contributed by atoms with E-state index in [-0.39, 0.29) is 23.8 Å². The molecule has 1 rings (SSSR count). The smallest absolute Gasteiger partial charge is 0.244 e. The molecule has 0 fully saturated rings. The Morgan fingerprint density at radius 1 is 1.53 bits per heavy atom. The first-order valence-electron chi connectivity index (χ1n) is 5.95. The molecule has 5 heteroatoms. The van der Waals surface area contributed by atoms with Crippen molar-refractivity contribution in [2.45, 2.75) is 32.4 Å². The van der Waals surface area contributed by atoms with Crippen LogP contribution in [0.15, 0.2) is 12.2 Å². The van der Waals surface area contributed by atoms with Crippen LogP contribution in [0.25, 0.3) is 0 Å². The first-order chi connectivity index (χ1) is 7.95. The molecule has 0 saturated carbocycles. The van der Waals surface area contributed by atoms with Gasteiger partial charge in [0.2, 0.25) is 11.8 Å². The summed E-state index contributed by atoms with van der Waals surface area (Å²) in [6, 6.07) is -0.534. The highest BCUT2D eigenvalue weighted by atomic mass is 16.2. The van der Waals surface area contributed by atoms with E-state index in [0.717, 1.165) is 0 Å². The molecule has 2 amide bonds. The van der Waals surface area contributed by atoms with Crippen LogP contribution in [0.2, 0.25) is 0 Å². The van der Waals surface area contributed by atoms with Crippen LogP contribution in [-0.4, -0.2) is 42.4 Å². The van der Waals surface area contributed by atoms with Gasteiger partial charge in [0.05, 0.1) is 5.92 Å². The minimum Gasteiger partial charge on any atom is -0.344 e. The molecule has 0 bridgehead atoms. The van der Waals surface area contributed by atoms with Crippen molar-refractivity contribution < 1.29 is 9.59 Å². The van der Waals surface area contributed by atoms with E-state index in [1.54, 1.807) is 24.9 Å². The standard InChI is InChI=1S/C12H21N3O2/c1-4-15(3)12(17)8(2)14-11(16)9-5-6-10(13)7-9/h5-6,8-10H,4,7,13H2,1-3H3,(H,14,16). The van der Waals surface area contributed by atoms with Crippen LogP contribution in [-0.2, 0) is 9.59 Å². The van der Waals surface area contributed by atoms with E-state index in [4.69, 9.17) is 5.73 Å². The molecule has 17 heavy (non-hydrogen) atoms. The maximum Gasteiger partial charge on any atom is 0.244 e. The second-order valence-corrected chi connectivity index (χ2v) is 4.47. The summed E-state index contributed by atoms with van der Waals surface area (Å²) in [7, 11) is 1.72. The molecule has 96 valence electrons. The monoisotopic (exact) mass is 239 g/mol. The minimum absolute atomic E-state index is 0.0462. The van der Waals surface area contributed by atoms with Gasteiger partial charge in [-0.2, -0.15) is 0 Å². The van der Waals surface area contributed by atoms with Gasteiger partial charge in [0.25, 0.3) is 0 Å². The lowest BCUT2D eigenvalue weighted by Crippen LogP contribution is -2.47. The fourth-order valence-electron chi connectivity index (χ4n) is 1.79. The van der Waals surface area contributed by atoms with Crippen molar-refractivity contribution in [2.24, 2.45) is 11.7 Å². The van der Waals surface area contributed by atoms with Gasteiger partial charge in [-0.3, -0.25) is 9.59 Å². The van der Waals surface area contributed by atoms with Crippen molar-refractivity contribution >= 4 is 11.8 Å². The summed E-state index contributed by atoms with van der Waals surface area (Å²) in [5, 5.41) is 2.72. The van der Waals surface area contributed by atoms with Gasteiger partial charge in [-0.15, -0.1) is 0 Å². The van der Waals surface area contributed by atoms with Gasteiger partial charge in [0.15, 0.2) is 0 Å². The van der Waals surface area contributed by atoms with Gasteiger partial charge >= 0.3 is 0 Å². The van der Waals surface area contributed by atoms with Crippen LogP contribution in [0.4, 0.5) is 0 Å². The largest absolute Gasteiger partial charge is 0.344 e. The fourth-order valence-corrected chi connectivity index (χ4v) is 1.79. The second kappa shape index (κ2) is 5.82. The van der Waals surface area contributed by atoms with Crippen LogP contribution in [0.1, 0.15) is 20.3 Å². The average Bonchev–Trinajstić information content (AvgIpc) is 2.73. The van der Waals surface area contributed by atoms with Gasteiger partial charge in [0.1, 0.15) is 6.04 Å². The predicted molar refractivity (Wildman–Crippen MR) is 66.1 cm³/mol. The second-order valence-electron chi connectivity index (χ2n) is 4.47. The highest BCUT2D eigenvalue weighted by Gasteiger charge is 2.26. The van der Waals surface area contributed by atoms with Crippen molar-refractivity contribution in [3.8, 4) is 0 Å². The lowest BCUT2D eigenvalue weighted by atomic mass is 10.1. The van der Waals surface area contributed by atoms with Crippen molar-refractivity contribution in [3.05, 3.63) is 12.2 Å². The third-order valence-corrected chi connectivity index (χ3v) is 3.03. The van der Waals surface area contributed by atoms with Crippen molar-refractivity contribution in [2.75, 3.05) is 13.6 Å². The van der Waals surface area contributed by atoms with E-state index in [0.29, 0.717) is 13.0 Å². The van der Waals surface area contributed by atoms with Crippen molar-refractivity contribution in [1.82, 2.24) is 10.2 Å². The summed E-state index contributed by atoms with van der Waals surface area (Å²) >= 11 is 0.